The lowest BCUT2D eigenvalue weighted by Crippen LogP contribution is -2.47. The number of benzene rings is 1. The first kappa shape index (κ1) is 22.0. The van der Waals surface area contributed by atoms with Crippen molar-refractivity contribution in [2.45, 2.75) is 64.0 Å². The number of hydrogen-bond donors (Lipinski definition) is 1. The van der Waals surface area contributed by atoms with E-state index in [-0.39, 0.29) is 12.2 Å². The fourth-order valence-corrected chi connectivity index (χ4v) is 6.35. The van der Waals surface area contributed by atoms with Crippen molar-refractivity contribution in [3.63, 3.8) is 0 Å². The van der Waals surface area contributed by atoms with Crippen LogP contribution in [-0.4, -0.2) is 35.3 Å². The third-order valence-corrected chi connectivity index (χ3v) is 10.7. The van der Waals surface area contributed by atoms with Crippen molar-refractivity contribution in [1.29, 1.82) is 0 Å². The third kappa shape index (κ3) is 3.05. The van der Waals surface area contributed by atoms with Crippen LogP contribution in [0.3, 0.4) is 0 Å². The zero-order valence-electron chi connectivity index (χ0n) is 19.9. The van der Waals surface area contributed by atoms with Gasteiger partial charge < -0.3 is 14.4 Å². The number of para-hydroxylation sites is 1. The van der Waals surface area contributed by atoms with Crippen molar-refractivity contribution in [1.82, 2.24) is 9.55 Å². The summed E-state index contributed by atoms with van der Waals surface area (Å²) in [5.74, 6) is -0.472. The van der Waals surface area contributed by atoms with Crippen LogP contribution in [0.15, 0.2) is 35.1 Å². The molecule has 172 valence electrons. The lowest BCUT2D eigenvalue weighted by atomic mass is 9.75. The van der Waals surface area contributed by atoms with Gasteiger partial charge in [-0.05, 0) is 35.2 Å². The van der Waals surface area contributed by atoms with Crippen LogP contribution in [-0.2, 0) is 28.1 Å². The Morgan fingerprint density at radius 3 is 2.67 bits per heavy atom. The molecule has 0 fully saturated rings. The Labute approximate surface area is 194 Å². The van der Waals surface area contributed by atoms with Crippen molar-refractivity contribution in [3.05, 3.63) is 62.9 Å². The summed E-state index contributed by atoms with van der Waals surface area (Å²) in [5, 5.41) is 11.3. The number of cyclic esters (lactones) is 1. The average Bonchev–Trinajstić information content (AvgIpc) is 3.14. The van der Waals surface area contributed by atoms with E-state index in [0.717, 1.165) is 22.2 Å². The largest absolute Gasteiger partial charge is 0.460 e. The van der Waals surface area contributed by atoms with Crippen LogP contribution in [0.1, 0.15) is 48.1 Å². The fourth-order valence-electron chi connectivity index (χ4n) is 5.18. The molecule has 4 heterocycles. The molecule has 0 bridgehead atoms. The number of aromatic nitrogens is 2. The minimum atomic E-state index is -1.46. The van der Waals surface area contributed by atoms with E-state index < -0.39 is 26.1 Å². The maximum Gasteiger partial charge on any atom is 0.319 e. The van der Waals surface area contributed by atoms with Gasteiger partial charge in [-0.25, -0.2) is 4.98 Å². The van der Waals surface area contributed by atoms with E-state index in [1.807, 2.05) is 13.0 Å². The van der Waals surface area contributed by atoms with Gasteiger partial charge in [-0.15, -0.1) is 0 Å². The van der Waals surface area contributed by atoms with E-state index in [4.69, 9.17) is 9.72 Å². The van der Waals surface area contributed by atoms with E-state index in [9.17, 15) is 14.7 Å². The van der Waals surface area contributed by atoms with Crippen molar-refractivity contribution in [2.75, 3.05) is 6.61 Å². The molecular formula is C26H30N2O4Si. The fraction of sp³-hybridized carbons (Fsp3) is 0.423. The van der Waals surface area contributed by atoms with Crippen LogP contribution in [0.2, 0.25) is 19.6 Å². The van der Waals surface area contributed by atoms with Gasteiger partial charge in [0.25, 0.3) is 5.56 Å². The molecule has 33 heavy (non-hydrogen) atoms. The number of rotatable bonds is 4. The second kappa shape index (κ2) is 7.37. The number of nitrogens with zero attached hydrogens (tertiary/aromatic N) is 2. The second-order valence-corrected chi connectivity index (χ2v) is 16.1. The molecule has 0 aliphatic carbocycles. The molecule has 2 aromatic heterocycles. The Hall–Kier alpha value is -2.77. The van der Waals surface area contributed by atoms with Crippen molar-refractivity contribution in [3.8, 4) is 11.4 Å². The predicted molar refractivity (Wildman–Crippen MR) is 131 cm³/mol. The number of carbonyl (C=O) groups excluding carboxylic acids is 1. The van der Waals surface area contributed by atoms with Crippen LogP contribution in [0, 0.1) is 0 Å². The van der Waals surface area contributed by atoms with Crippen LogP contribution in [0.4, 0.5) is 0 Å². The van der Waals surface area contributed by atoms with E-state index in [1.165, 1.54) is 5.56 Å². The van der Waals surface area contributed by atoms with Gasteiger partial charge in [-0.2, -0.15) is 0 Å². The average molecular weight is 463 g/mol. The number of pyridine rings is 2. The Morgan fingerprint density at radius 1 is 1.24 bits per heavy atom. The highest BCUT2D eigenvalue weighted by Crippen LogP contribution is 2.40. The number of fused-ring (bicyclic) bond motifs is 5. The van der Waals surface area contributed by atoms with Gasteiger partial charge in [0.15, 0.2) is 0 Å². The monoisotopic (exact) mass is 462 g/mol. The van der Waals surface area contributed by atoms with Gasteiger partial charge in [-0.1, -0.05) is 51.7 Å². The van der Waals surface area contributed by atoms with Gasteiger partial charge in [0.05, 0.1) is 43.7 Å². The van der Waals surface area contributed by atoms with Crippen LogP contribution >= 0.6 is 0 Å². The summed E-state index contributed by atoms with van der Waals surface area (Å²) in [5.41, 5.74) is 4.82. The first-order chi connectivity index (χ1) is 15.6. The van der Waals surface area contributed by atoms with Crippen LogP contribution in [0.25, 0.3) is 22.3 Å². The molecule has 2 atom stereocenters. The zero-order valence-corrected chi connectivity index (χ0v) is 20.9. The van der Waals surface area contributed by atoms with E-state index >= 15 is 0 Å². The standard InChI is InChI=1S/C26H30N2O4Si/c1-6-26(14-29)20-11-21-23-17(12-28(21)24(30)19(20)13-32-25(26)31)10-16-8-7-9-18(22(16)27-23)15(2)33(3,4)5/h7-11,15,29H,6,12-14H2,1-5H3. The predicted octanol–water partition coefficient (Wildman–Crippen LogP) is 4.10. The highest BCUT2D eigenvalue weighted by molar-refractivity contribution is 6.77. The molecule has 0 saturated heterocycles. The Balaban J connectivity index is 1.77. The first-order valence-electron chi connectivity index (χ1n) is 11.6. The maximum absolute atomic E-state index is 13.5. The number of aliphatic hydroxyl groups excluding tert-OH is 1. The third-order valence-electron chi connectivity index (χ3n) is 7.82. The summed E-state index contributed by atoms with van der Waals surface area (Å²) in [6.45, 7) is 11.2. The molecule has 7 heteroatoms. The molecule has 2 aliphatic heterocycles. The Kier molecular flexibility index (Phi) is 4.92. The zero-order chi connectivity index (χ0) is 23.7. The molecule has 1 aromatic carbocycles. The lowest BCUT2D eigenvalue weighted by Gasteiger charge is -2.34. The quantitative estimate of drug-likeness (QED) is 0.365. The molecule has 2 unspecified atom stereocenters. The first-order valence-corrected chi connectivity index (χ1v) is 15.2. The molecular weight excluding hydrogens is 432 g/mol. The van der Waals surface area contributed by atoms with E-state index in [2.05, 4.69) is 50.8 Å². The molecule has 2 aliphatic rings. The normalized spacial score (nSPS) is 20.2. The van der Waals surface area contributed by atoms with Crippen molar-refractivity contribution < 1.29 is 14.6 Å². The molecule has 5 rings (SSSR count). The SMILES string of the molecule is CCC1(CO)C(=O)OCc2c1cc1n(c2=O)Cc2cc3cccc(C(C)[Si](C)(C)C)c3nc2-1. The Morgan fingerprint density at radius 2 is 2.00 bits per heavy atom. The highest BCUT2D eigenvalue weighted by Gasteiger charge is 2.46. The van der Waals surface area contributed by atoms with E-state index in [0.29, 0.717) is 35.3 Å². The topological polar surface area (TPSA) is 81.4 Å². The summed E-state index contributed by atoms with van der Waals surface area (Å²) in [6.07, 6.45) is 0.355. The summed E-state index contributed by atoms with van der Waals surface area (Å²) in [6, 6.07) is 10.4. The molecule has 0 saturated carbocycles. The van der Waals surface area contributed by atoms with Gasteiger partial charge in [-0.3, -0.25) is 9.59 Å². The summed E-state index contributed by atoms with van der Waals surface area (Å²) < 4.78 is 7.06. The number of ether oxygens (including phenoxy) is 1. The van der Waals surface area contributed by atoms with Gasteiger partial charge in [0.1, 0.15) is 12.0 Å². The van der Waals surface area contributed by atoms with Gasteiger partial charge >= 0.3 is 5.97 Å². The highest BCUT2D eigenvalue weighted by atomic mass is 28.3. The van der Waals surface area contributed by atoms with Crippen LogP contribution in [0.5, 0.6) is 0 Å². The number of aliphatic hydroxyl groups is 1. The minimum absolute atomic E-state index is 0.0569. The Bertz CT molecular complexity index is 1370. The van der Waals surface area contributed by atoms with Gasteiger partial charge in [0.2, 0.25) is 0 Å². The second-order valence-electron chi connectivity index (χ2n) is 10.5. The minimum Gasteiger partial charge on any atom is -0.460 e. The van der Waals surface area contributed by atoms with Crippen molar-refractivity contribution >= 4 is 24.9 Å². The number of hydrogen-bond acceptors (Lipinski definition) is 5. The molecule has 1 N–H and O–H groups in total. The molecule has 6 nitrogen and oxygen atoms in total. The van der Waals surface area contributed by atoms with Crippen molar-refractivity contribution in [2.24, 2.45) is 0 Å². The molecule has 3 aromatic rings. The summed E-state index contributed by atoms with van der Waals surface area (Å²) in [7, 11) is -1.46. The summed E-state index contributed by atoms with van der Waals surface area (Å²) >= 11 is 0. The van der Waals surface area contributed by atoms with Gasteiger partial charge in [0, 0.05) is 10.9 Å². The number of esters is 1. The maximum atomic E-state index is 13.5. The molecule has 0 radical (unpaired) electrons. The van der Waals surface area contributed by atoms with Crippen LogP contribution < -0.4 is 5.56 Å². The molecule has 0 amide bonds. The smallest absolute Gasteiger partial charge is 0.319 e. The summed E-state index contributed by atoms with van der Waals surface area (Å²) in [4.78, 5) is 31.3. The lowest BCUT2D eigenvalue weighted by molar-refractivity contribution is -0.156. The van der Waals surface area contributed by atoms with E-state index in [1.54, 1.807) is 4.57 Å². The number of carbonyl (C=O) groups is 1. The molecule has 0 spiro atoms.